The number of imidazole rings is 1. The fourth-order valence-corrected chi connectivity index (χ4v) is 3.71. The minimum absolute atomic E-state index is 0. The summed E-state index contributed by atoms with van der Waals surface area (Å²) in [7, 11) is 1.90. The first-order valence-corrected chi connectivity index (χ1v) is 9.53. The first-order chi connectivity index (χ1) is 13.5. The Morgan fingerprint density at radius 1 is 1.17 bits per heavy atom. The molecule has 0 unspecified atom stereocenters. The molecule has 0 bridgehead atoms. The van der Waals surface area contributed by atoms with Crippen LogP contribution in [0.15, 0.2) is 30.9 Å². The summed E-state index contributed by atoms with van der Waals surface area (Å²) in [6.45, 7) is 0. The van der Waals surface area contributed by atoms with E-state index in [4.69, 9.17) is 11.6 Å². The fourth-order valence-electron chi connectivity index (χ4n) is 3.53. The third-order valence-electron chi connectivity index (χ3n) is 5.08. The van der Waals surface area contributed by atoms with Crippen molar-refractivity contribution in [2.75, 3.05) is 5.32 Å². The van der Waals surface area contributed by atoms with Gasteiger partial charge >= 0.3 is 0 Å². The number of hydrogen-bond acceptors (Lipinski definition) is 5. The summed E-state index contributed by atoms with van der Waals surface area (Å²) < 4.78 is 15.1. The zero-order valence-corrected chi connectivity index (χ0v) is 17.3. The van der Waals surface area contributed by atoms with Crippen LogP contribution in [0.4, 0.5) is 10.2 Å². The van der Waals surface area contributed by atoms with Crippen molar-refractivity contribution < 1.29 is 9.18 Å². The molecule has 0 atom stereocenters. The normalized spacial score (nSPS) is 18.9. The van der Waals surface area contributed by atoms with Gasteiger partial charge in [-0.05, 0) is 43.9 Å². The molecular formula is C19H21Cl2FN6O. The standard InChI is InChI=1S/C19H20ClFN6O.ClH/c1-27-10-24-16-17(22-9-23-18(16)27)25-12-3-5-13(6-4-12)26-19(28)11-2-7-15(21)14(20)8-11;/h2,7-10,12-13H,3-6H2,1H3,(H,26,28)(H,22,23,25);1H. The summed E-state index contributed by atoms with van der Waals surface area (Å²) in [5.74, 6) is -0.0279. The summed E-state index contributed by atoms with van der Waals surface area (Å²) in [5, 5.41) is 6.42. The lowest BCUT2D eigenvalue weighted by Gasteiger charge is -2.30. The van der Waals surface area contributed by atoms with Crippen LogP contribution in [-0.4, -0.2) is 37.5 Å². The molecule has 4 rings (SSSR count). The van der Waals surface area contributed by atoms with Crippen LogP contribution in [0.2, 0.25) is 5.02 Å². The Morgan fingerprint density at radius 3 is 2.62 bits per heavy atom. The maximum absolute atomic E-state index is 13.3. The molecule has 0 spiro atoms. The second kappa shape index (κ2) is 8.92. The highest BCUT2D eigenvalue weighted by Crippen LogP contribution is 2.25. The van der Waals surface area contributed by atoms with Crippen LogP contribution < -0.4 is 10.6 Å². The third kappa shape index (κ3) is 4.59. The van der Waals surface area contributed by atoms with Gasteiger partial charge in [-0.15, -0.1) is 12.4 Å². The lowest BCUT2D eigenvalue weighted by Crippen LogP contribution is -2.40. The molecule has 0 aliphatic heterocycles. The van der Waals surface area contributed by atoms with Crippen LogP contribution in [0, 0.1) is 5.82 Å². The predicted molar refractivity (Wildman–Crippen MR) is 112 cm³/mol. The van der Waals surface area contributed by atoms with Gasteiger partial charge in [-0.25, -0.2) is 19.3 Å². The number of halogens is 3. The highest BCUT2D eigenvalue weighted by atomic mass is 35.5. The van der Waals surface area contributed by atoms with Crippen LogP contribution in [0.1, 0.15) is 36.0 Å². The smallest absolute Gasteiger partial charge is 0.251 e. The van der Waals surface area contributed by atoms with Gasteiger partial charge in [0.1, 0.15) is 17.7 Å². The van der Waals surface area contributed by atoms with E-state index in [2.05, 4.69) is 25.6 Å². The summed E-state index contributed by atoms with van der Waals surface area (Å²) >= 11 is 5.76. The van der Waals surface area contributed by atoms with Crippen LogP contribution in [0.5, 0.6) is 0 Å². The molecule has 1 aliphatic carbocycles. The molecule has 154 valence electrons. The number of nitrogens with one attached hydrogen (secondary N) is 2. The maximum atomic E-state index is 13.3. The molecule has 1 aliphatic rings. The minimum Gasteiger partial charge on any atom is -0.365 e. The Bertz CT molecular complexity index is 1020. The number of nitrogens with zero attached hydrogens (tertiary/aromatic N) is 4. The largest absolute Gasteiger partial charge is 0.365 e. The van der Waals surface area contributed by atoms with Crippen molar-refractivity contribution in [3.8, 4) is 0 Å². The quantitative estimate of drug-likeness (QED) is 0.647. The number of aryl methyl sites for hydroxylation is 1. The number of aromatic nitrogens is 4. The first-order valence-electron chi connectivity index (χ1n) is 9.15. The minimum atomic E-state index is -0.531. The van der Waals surface area contributed by atoms with Gasteiger partial charge in [-0.2, -0.15) is 0 Å². The van der Waals surface area contributed by atoms with E-state index in [9.17, 15) is 9.18 Å². The number of carbonyl (C=O) groups is 1. The Balaban J connectivity index is 0.00000240. The molecule has 1 aromatic carbocycles. The molecule has 1 saturated carbocycles. The van der Waals surface area contributed by atoms with E-state index >= 15 is 0 Å². The molecule has 3 aromatic rings. The summed E-state index contributed by atoms with van der Waals surface area (Å²) in [4.78, 5) is 25.3. The number of rotatable bonds is 4. The molecule has 2 aromatic heterocycles. The van der Waals surface area contributed by atoms with E-state index in [0.717, 1.165) is 42.7 Å². The van der Waals surface area contributed by atoms with Crippen LogP contribution in [-0.2, 0) is 7.05 Å². The zero-order valence-electron chi connectivity index (χ0n) is 15.7. The topological polar surface area (TPSA) is 84.7 Å². The van der Waals surface area contributed by atoms with Crippen molar-refractivity contribution in [2.45, 2.75) is 37.8 Å². The Hall–Kier alpha value is -2.45. The zero-order chi connectivity index (χ0) is 19.7. The average Bonchev–Trinajstić information content (AvgIpc) is 3.07. The van der Waals surface area contributed by atoms with E-state index in [1.54, 1.807) is 6.33 Å². The molecule has 10 heteroatoms. The second-order valence-corrected chi connectivity index (χ2v) is 7.45. The van der Waals surface area contributed by atoms with Crippen LogP contribution in [0.25, 0.3) is 11.2 Å². The molecule has 1 fully saturated rings. The van der Waals surface area contributed by atoms with E-state index in [0.29, 0.717) is 5.56 Å². The Morgan fingerprint density at radius 2 is 1.90 bits per heavy atom. The monoisotopic (exact) mass is 438 g/mol. The number of anilines is 1. The van der Waals surface area contributed by atoms with E-state index in [1.165, 1.54) is 24.5 Å². The molecule has 29 heavy (non-hydrogen) atoms. The van der Waals surface area contributed by atoms with Crippen molar-refractivity contribution in [2.24, 2.45) is 7.05 Å². The van der Waals surface area contributed by atoms with Crippen molar-refractivity contribution >= 4 is 46.9 Å². The van der Waals surface area contributed by atoms with Gasteiger partial charge in [0.05, 0.1) is 11.3 Å². The number of benzene rings is 1. The lowest BCUT2D eigenvalue weighted by molar-refractivity contribution is 0.0926. The maximum Gasteiger partial charge on any atom is 0.251 e. The van der Waals surface area contributed by atoms with Gasteiger partial charge in [-0.3, -0.25) is 4.79 Å². The van der Waals surface area contributed by atoms with Gasteiger partial charge in [0.15, 0.2) is 11.5 Å². The van der Waals surface area contributed by atoms with Gasteiger partial charge < -0.3 is 15.2 Å². The summed E-state index contributed by atoms with van der Waals surface area (Å²) in [5.41, 5.74) is 1.91. The Kier molecular flexibility index (Phi) is 6.54. The molecule has 0 radical (unpaired) electrons. The second-order valence-electron chi connectivity index (χ2n) is 7.05. The highest BCUT2D eigenvalue weighted by molar-refractivity contribution is 6.31. The number of fused-ring (bicyclic) bond motifs is 1. The van der Waals surface area contributed by atoms with Gasteiger partial charge in [0.2, 0.25) is 0 Å². The van der Waals surface area contributed by atoms with E-state index in [-0.39, 0.29) is 35.4 Å². The van der Waals surface area contributed by atoms with Crippen molar-refractivity contribution in [3.63, 3.8) is 0 Å². The third-order valence-corrected chi connectivity index (χ3v) is 5.37. The number of amides is 1. The van der Waals surface area contributed by atoms with Crippen molar-refractivity contribution in [1.29, 1.82) is 0 Å². The predicted octanol–water partition coefficient (Wildman–Crippen LogP) is 3.73. The number of carbonyl (C=O) groups excluding carboxylic acids is 1. The first kappa shape index (κ1) is 21.3. The molecule has 7 nitrogen and oxygen atoms in total. The molecule has 2 N–H and O–H groups in total. The average molecular weight is 439 g/mol. The van der Waals surface area contributed by atoms with Gasteiger partial charge in [0, 0.05) is 24.7 Å². The van der Waals surface area contributed by atoms with Gasteiger partial charge in [-0.1, -0.05) is 11.6 Å². The fraction of sp³-hybridized carbons (Fsp3) is 0.368. The number of hydrogen-bond donors (Lipinski definition) is 2. The summed E-state index contributed by atoms with van der Waals surface area (Å²) in [6.07, 6.45) is 6.73. The molecule has 0 saturated heterocycles. The summed E-state index contributed by atoms with van der Waals surface area (Å²) in [6, 6.07) is 4.34. The van der Waals surface area contributed by atoms with Crippen molar-refractivity contribution in [3.05, 3.63) is 47.3 Å². The van der Waals surface area contributed by atoms with Gasteiger partial charge in [0.25, 0.3) is 5.91 Å². The Labute approximate surface area is 178 Å². The van der Waals surface area contributed by atoms with Crippen LogP contribution in [0.3, 0.4) is 0 Å². The molecular weight excluding hydrogens is 418 g/mol. The lowest BCUT2D eigenvalue weighted by atomic mass is 9.91. The highest BCUT2D eigenvalue weighted by Gasteiger charge is 2.24. The van der Waals surface area contributed by atoms with E-state index < -0.39 is 5.82 Å². The van der Waals surface area contributed by atoms with E-state index in [1.807, 2.05) is 11.6 Å². The van der Waals surface area contributed by atoms with Crippen molar-refractivity contribution in [1.82, 2.24) is 24.8 Å². The molecule has 1 amide bonds. The van der Waals surface area contributed by atoms with Crippen LogP contribution >= 0.6 is 24.0 Å². The molecule has 2 heterocycles. The SMILES string of the molecule is Cl.Cn1cnc2c(NC3CCC(NC(=O)c4ccc(F)c(Cl)c4)CC3)ncnc21.